The van der Waals surface area contributed by atoms with Crippen LogP contribution in [-0.4, -0.2) is 51.2 Å². The van der Waals surface area contributed by atoms with Crippen LogP contribution < -0.4 is 5.32 Å². The van der Waals surface area contributed by atoms with Gasteiger partial charge in [-0.3, -0.25) is 4.79 Å². The summed E-state index contributed by atoms with van der Waals surface area (Å²) in [7, 11) is 3.25. The number of likely N-dealkylation sites (tertiary alicyclic amines) is 1. The van der Waals surface area contributed by atoms with Gasteiger partial charge in [-0.05, 0) is 44.2 Å². The molecular formula is C15H30N2O2. The first kappa shape index (κ1) is 17.9. The van der Waals surface area contributed by atoms with Crippen LogP contribution in [0.4, 0.5) is 0 Å². The molecule has 0 radical (unpaired) electrons. The van der Waals surface area contributed by atoms with Gasteiger partial charge in [0.2, 0.25) is 0 Å². The molecule has 112 valence electrons. The Kier molecular flexibility index (Phi) is 10.2. The predicted molar refractivity (Wildman–Crippen MR) is 80.9 cm³/mol. The molecule has 0 spiro atoms. The largest absolute Gasteiger partial charge is 0.388 e. The van der Waals surface area contributed by atoms with E-state index >= 15 is 0 Å². The fourth-order valence-electron chi connectivity index (χ4n) is 1.95. The van der Waals surface area contributed by atoms with E-state index in [9.17, 15) is 4.79 Å². The zero-order valence-corrected chi connectivity index (χ0v) is 13.0. The van der Waals surface area contributed by atoms with Gasteiger partial charge in [-0.25, -0.2) is 0 Å². The van der Waals surface area contributed by atoms with Gasteiger partial charge in [0.15, 0.2) is 0 Å². The average molecular weight is 270 g/mol. The van der Waals surface area contributed by atoms with Crippen LogP contribution in [0.25, 0.3) is 0 Å². The summed E-state index contributed by atoms with van der Waals surface area (Å²) in [6.45, 7) is 9.90. The van der Waals surface area contributed by atoms with Crippen molar-refractivity contribution in [2.24, 2.45) is 11.8 Å². The van der Waals surface area contributed by atoms with E-state index in [1.54, 1.807) is 21.1 Å². The molecule has 4 heteroatoms. The molecule has 1 fully saturated rings. The minimum Gasteiger partial charge on any atom is -0.388 e. The quantitative estimate of drug-likeness (QED) is 0.789. The van der Waals surface area contributed by atoms with Crippen molar-refractivity contribution >= 4 is 5.91 Å². The van der Waals surface area contributed by atoms with E-state index in [2.05, 4.69) is 35.7 Å². The SMILES string of the molecule is CC#CC(=O)N1CC[C@H](CNCC(C)C)C1.COC.[HH]. The van der Waals surface area contributed by atoms with Crippen molar-refractivity contribution in [1.82, 2.24) is 10.2 Å². The fourth-order valence-corrected chi connectivity index (χ4v) is 1.95. The zero-order valence-electron chi connectivity index (χ0n) is 13.0. The van der Waals surface area contributed by atoms with E-state index in [1.165, 1.54) is 0 Å². The molecule has 4 nitrogen and oxygen atoms in total. The molecule has 0 aliphatic carbocycles. The van der Waals surface area contributed by atoms with E-state index in [4.69, 9.17) is 0 Å². The van der Waals surface area contributed by atoms with Gasteiger partial charge in [0, 0.05) is 28.7 Å². The van der Waals surface area contributed by atoms with Crippen LogP contribution in [0, 0.1) is 23.7 Å². The number of ether oxygens (including phenoxy) is 1. The molecule has 0 unspecified atom stereocenters. The van der Waals surface area contributed by atoms with Crippen molar-refractivity contribution in [3.05, 3.63) is 0 Å². The molecule has 0 aromatic carbocycles. The third-order valence-electron chi connectivity index (χ3n) is 2.79. The van der Waals surface area contributed by atoms with E-state index in [-0.39, 0.29) is 7.33 Å². The molecular weight excluding hydrogens is 240 g/mol. The van der Waals surface area contributed by atoms with Gasteiger partial charge < -0.3 is 15.0 Å². The van der Waals surface area contributed by atoms with E-state index < -0.39 is 0 Å². The van der Waals surface area contributed by atoms with Crippen LogP contribution >= 0.6 is 0 Å². The number of hydrogen-bond acceptors (Lipinski definition) is 3. The van der Waals surface area contributed by atoms with E-state index in [1.807, 2.05) is 4.90 Å². The number of carbonyl (C=O) groups is 1. The minimum atomic E-state index is -0.0196. The van der Waals surface area contributed by atoms with Crippen molar-refractivity contribution in [2.75, 3.05) is 40.4 Å². The molecule has 0 aromatic heterocycles. The first-order chi connectivity index (χ1) is 9.04. The highest BCUT2D eigenvalue weighted by atomic mass is 16.4. The fraction of sp³-hybridized carbons (Fsp3) is 0.800. The van der Waals surface area contributed by atoms with Crippen LogP contribution in [0.1, 0.15) is 28.6 Å². The summed E-state index contributed by atoms with van der Waals surface area (Å²) in [6, 6.07) is 0. The number of nitrogens with zero attached hydrogens (tertiary/aromatic N) is 1. The predicted octanol–water partition coefficient (Wildman–Crippen LogP) is 1.61. The Balaban J connectivity index is 0. The summed E-state index contributed by atoms with van der Waals surface area (Å²) < 4.78 is 4.25. The third-order valence-corrected chi connectivity index (χ3v) is 2.79. The first-order valence-electron chi connectivity index (χ1n) is 6.87. The molecule has 0 aromatic rings. The number of rotatable bonds is 4. The summed E-state index contributed by atoms with van der Waals surface area (Å²) in [5, 5.41) is 3.44. The monoisotopic (exact) mass is 270 g/mol. The summed E-state index contributed by atoms with van der Waals surface area (Å²) in [6.07, 6.45) is 1.10. The Hall–Kier alpha value is -1.05. The lowest BCUT2D eigenvalue weighted by Gasteiger charge is -2.14. The van der Waals surface area contributed by atoms with E-state index in [0.29, 0.717) is 11.8 Å². The number of methoxy groups -OCH3 is 1. The van der Waals surface area contributed by atoms with Crippen molar-refractivity contribution in [3.63, 3.8) is 0 Å². The number of hydrogen-bond donors (Lipinski definition) is 1. The van der Waals surface area contributed by atoms with Gasteiger partial charge in [0.1, 0.15) is 0 Å². The highest BCUT2D eigenvalue weighted by molar-refractivity contribution is 5.93. The number of carbonyl (C=O) groups excluding carboxylic acids is 1. The molecule has 0 saturated carbocycles. The van der Waals surface area contributed by atoms with Crippen LogP contribution in [-0.2, 0) is 9.53 Å². The molecule has 1 heterocycles. The van der Waals surface area contributed by atoms with Gasteiger partial charge in [-0.15, -0.1) is 0 Å². The zero-order chi connectivity index (χ0) is 14.7. The Morgan fingerprint density at radius 3 is 2.68 bits per heavy atom. The van der Waals surface area contributed by atoms with Gasteiger partial charge in [0.25, 0.3) is 5.91 Å². The summed E-state index contributed by atoms with van der Waals surface area (Å²) in [4.78, 5) is 13.4. The third kappa shape index (κ3) is 8.63. The van der Waals surface area contributed by atoms with Crippen molar-refractivity contribution in [1.29, 1.82) is 0 Å². The standard InChI is InChI=1S/C13H22N2O.C2H6O.H2/c1-4-5-13(16)15-7-6-12(10-15)9-14-8-11(2)3;1-3-2;/h11-12,14H,6-10H2,1-3H3;1-2H3;1H/t12-;;/m1../s1. The van der Waals surface area contributed by atoms with Crippen LogP contribution in [0.5, 0.6) is 0 Å². The molecule has 0 bridgehead atoms. The van der Waals surface area contributed by atoms with Gasteiger partial charge in [0.05, 0.1) is 0 Å². The minimum absolute atomic E-state index is 0. The van der Waals surface area contributed by atoms with Crippen LogP contribution in [0.3, 0.4) is 0 Å². The highest BCUT2D eigenvalue weighted by Crippen LogP contribution is 2.15. The van der Waals surface area contributed by atoms with Gasteiger partial charge in [-0.1, -0.05) is 19.8 Å². The second kappa shape index (κ2) is 10.8. The molecule has 1 aliphatic heterocycles. The summed E-state index contributed by atoms with van der Waals surface area (Å²) in [5.74, 6) is 6.52. The van der Waals surface area contributed by atoms with Gasteiger partial charge >= 0.3 is 0 Å². The topological polar surface area (TPSA) is 41.6 Å². The second-order valence-electron chi connectivity index (χ2n) is 5.24. The maximum atomic E-state index is 11.5. The summed E-state index contributed by atoms with van der Waals surface area (Å²) in [5.41, 5.74) is 0. The average Bonchev–Trinajstić information content (AvgIpc) is 2.79. The lowest BCUT2D eigenvalue weighted by molar-refractivity contribution is -0.124. The molecule has 1 N–H and O–H groups in total. The molecule has 19 heavy (non-hydrogen) atoms. The maximum Gasteiger partial charge on any atom is 0.298 e. The first-order valence-corrected chi connectivity index (χ1v) is 6.87. The summed E-state index contributed by atoms with van der Waals surface area (Å²) >= 11 is 0. The second-order valence-corrected chi connectivity index (χ2v) is 5.24. The smallest absolute Gasteiger partial charge is 0.298 e. The van der Waals surface area contributed by atoms with Crippen LogP contribution in [0.2, 0.25) is 0 Å². The molecule has 1 amide bonds. The Labute approximate surface area is 119 Å². The van der Waals surface area contributed by atoms with Gasteiger partial charge in [-0.2, -0.15) is 0 Å². The Morgan fingerprint density at radius 1 is 1.53 bits per heavy atom. The lowest BCUT2D eigenvalue weighted by atomic mass is 10.1. The lowest BCUT2D eigenvalue weighted by Crippen LogP contribution is -2.31. The van der Waals surface area contributed by atoms with Crippen molar-refractivity contribution in [3.8, 4) is 11.8 Å². The number of nitrogens with one attached hydrogen (secondary N) is 1. The molecule has 1 atom stereocenters. The Bertz CT molecular complexity index is 311. The maximum absolute atomic E-state index is 11.5. The van der Waals surface area contributed by atoms with E-state index in [0.717, 1.165) is 32.6 Å². The molecule has 1 aliphatic rings. The molecule has 1 rings (SSSR count). The normalized spacial score (nSPS) is 17.6. The Morgan fingerprint density at radius 2 is 2.16 bits per heavy atom. The van der Waals surface area contributed by atoms with Crippen molar-refractivity contribution < 1.29 is 11.0 Å². The number of amides is 1. The molecule has 1 saturated heterocycles. The highest BCUT2D eigenvalue weighted by Gasteiger charge is 2.24. The van der Waals surface area contributed by atoms with Crippen molar-refractivity contribution in [2.45, 2.75) is 27.2 Å². The van der Waals surface area contributed by atoms with Crippen LogP contribution in [0.15, 0.2) is 0 Å².